The maximum Gasteiger partial charge on any atom is 0.257 e. The second-order valence-electron chi connectivity index (χ2n) is 12.8. The van der Waals surface area contributed by atoms with Gasteiger partial charge in [-0.1, -0.05) is 55.8 Å². The Morgan fingerprint density at radius 3 is 2.49 bits per heavy atom. The number of aliphatic hydroxyl groups is 1. The zero-order valence-corrected chi connectivity index (χ0v) is 26.1. The van der Waals surface area contributed by atoms with Gasteiger partial charge in [0, 0.05) is 23.6 Å². The van der Waals surface area contributed by atoms with Crippen LogP contribution in [-0.2, 0) is 22.4 Å². The summed E-state index contributed by atoms with van der Waals surface area (Å²) in [4.78, 5) is 26.6. The highest BCUT2D eigenvalue weighted by Gasteiger charge is 2.30. The van der Waals surface area contributed by atoms with Crippen molar-refractivity contribution in [3.8, 4) is 11.1 Å². The molecule has 2 N–H and O–H groups in total. The molecule has 45 heavy (non-hydrogen) atoms. The molecule has 2 aromatic carbocycles. The molecule has 6 rings (SSSR count). The average molecular weight is 614 g/mol. The number of carbonyl (C=O) groups is 1. The highest BCUT2D eigenvalue weighted by molar-refractivity contribution is 6.16. The molecule has 2 aliphatic rings. The lowest BCUT2D eigenvalue weighted by Gasteiger charge is -2.32. The standard InChI is InChI=1S/C35H40FN5O4/c1-4-8-31-28(18-22-11-16-26(23-9-6-5-7-10-23)27(17-22)30-19-32(42)39-38-30)34(43)40(33-29(36)20-37-41(31)33)24-12-14-25(15-13-24)45-21-35(2,3)44/h5-7,9-11,16-17,20,24-25,44H,4,8,12-15,18-19,21H2,1-3H3,(H,39,42). The Morgan fingerprint density at radius 1 is 1.07 bits per heavy atom. The van der Waals surface area contributed by atoms with Crippen LogP contribution in [0.4, 0.5) is 4.39 Å². The van der Waals surface area contributed by atoms with Crippen molar-refractivity contribution in [3.05, 3.63) is 93.3 Å². The van der Waals surface area contributed by atoms with E-state index in [-0.39, 0.29) is 42.3 Å². The number of hydrogen-bond acceptors (Lipinski definition) is 6. The van der Waals surface area contributed by atoms with Gasteiger partial charge in [0.1, 0.15) is 0 Å². The molecule has 0 atom stereocenters. The van der Waals surface area contributed by atoms with E-state index >= 15 is 4.39 Å². The fourth-order valence-electron chi connectivity index (χ4n) is 6.56. The van der Waals surface area contributed by atoms with Gasteiger partial charge in [0.05, 0.1) is 42.3 Å². The Kier molecular flexibility index (Phi) is 8.70. The zero-order chi connectivity index (χ0) is 31.7. The van der Waals surface area contributed by atoms with Crippen LogP contribution >= 0.6 is 0 Å². The summed E-state index contributed by atoms with van der Waals surface area (Å²) in [6, 6.07) is 15.8. The molecule has 0 bridgehead atoms. The molecule has 0 spiro atoms. The van der Waals surface area contributed by atoms with E-state index in [0.29, 0.717) is 55.5 Å². The number of amides is 1. The summed E-state index contributed by atoms with van der Waals surface area (Å²) < 4.78 is 24.6. The highest BCUT2D eigenvalue weighted by Crippen LogP contribution is 2.33. The molecule has 3 heterocycles. The minimum atomic E-state index is -0.916. The van der Waals surface area contributed by atoms with Crippen LogP contribution in [0.15, 0.2) is 64.6 Å². The van der Waals surface area contributed by atoms with E-state index in [9.17, 15) is 14.7 Å². The maximum absolute atomic E-state index is 15.4. The van der Waals surface area contributed by atoms with Gasteiger partial charge in [-0.15, -0.1) is 0 Å². The van der Waals surface area contributed by atoms with Crippen LogP contribution in [0.5, 0.6) is 0 Å². The van der Waals surface area contributed by atoms with Gasteiger partial charge in [-0.25, -0.2) is 14.3 Å². The molecule has 236 valence electrons. The molecule has 1 aliphatic carbocycles. The number of fused-ring (bicyclic) bond motifs is 1. The van der Waals surface area contributed by atoms with E-state index in [4.69, 9.17) is 4.74 Å². The number of rotatable bonds is 10. The highest BCUT2D eigenvalue weighted by atomic mass is 19.1. The Bertz CT molecular complexity index is 1800. The normalized spacial score (nSPS) is 18.8. The van der Waals surface area contributed by atoms with E-state index in [1.807, 2.05) is 55.5 Å². The number of aromatic nitrogens is 3. The lowest BCUT2D eigenvalue weighted by Crippen LogP contribution is -2.36. The first-order valence-corrected chi connectivity index (χ1v) is 15.8. The van der Waals surface area contributed by atoms with Crippen molar-refractivity contribution in [2.24, 2.45) is 5.10 Å². The summed E-state index contributed by atoms with van der Waals surface area (Å²) in [5.74, 6) is -0.670. The molecule has 0 saturated heterocycles. The van der Waals surface area contributed by atoms with Crippen molar-refractivity contribution in [1.29, 1.82) is 0 Å². The minimum absolute atomic E-state index is 0.0191. The molecule has 1 amide bonds. The summed E-state index contributed by atoms with van der Waals surface area (Å²) in [6.07, 6.45) is 5.74. The van der Waals surface area contributed by atoms with Crippen molar-refractivity contribution in [1.82, 2.24) is 19.6 Å². The Labute approximate surface area is 261 Å². The number of hydrogen-bond donors (Lipinski definition) is 2. The van der Waals surface area contributed by atoms with E-state index in [1.54, 1.807) is 22.9 Å². The number of hydrazone groups is 1. The summed E-state index contributed by atoms with van der Waals surface area (Å²) in [5.41, 5.74) is 7.30. The van der Waals surface area contributed by atoms with Crippen molar-refractivity contribution >= 4 is 17.3 Å². The lowest BCUT2D eigenvalue weighted by molar-refractivity contribution is -0.119. The third-order valence-corrected chi connectivity index (χ3v) is 8.68. The van der Waals surface area contributed by atoms with Gasteiger partial charge in [-0.05, 0) is 68.7 Å². The summed E-state index contributed by atoms with van der Waals surface area (Å²) in [6.45, 7) is 5.70. The van der Waals surface area contributed by atoms with Crippen molar-refractivity contribution in [2.75, 3.05) is 6.61 Å². The predicted molar refractivity (Wildman–Crippen MR) is 171 cm³/mol. The van der Waals surface area contributed by atoms with E-state index in [2.05, 4.69) is 15.6 Å². The van der Waals surface area contributed by atoms with Gasteiger partial charge in [-0.2, -0.15) is 10.2 Å². The van der Waals surface area contributed by atoms with E-state index < -0.39 is 11.4 Å². The number of carbonyl (C=O) groups excluding carboxylic acids is 1. The maximum atomic E-state index is 15.4. The molecule has 2 aromatic heterocycles. The van der Waals surface area contributed by atoms with Crippen molar-refractivity contribution < 1.29 is 19.0 Å². The number of benzene rings is 2. The lowest BCUT2D eigenvalue weighted by atomic mass is 9.91. The first-order valence-electron chi connectivity index (χ1n) is 15.8. The van der Waals surface area contributed by atoms with Crippen LogP contribution in [-0.4, -0.2) is 49.2 Å². The fraction of sp³-hybridized carbons (Fsp3) is 0.429. The molecule has 1 aliphatic heterocycles. The largest absolute Gasteiger partial charge is 0.388 e. The van der Waals surface area contributed by atoms with E-state index in [0.717, 1.165) is 28.7 Å². The van der Waals surface area contributed by atoms with Crippen molar-refractivity contribution in [2.45, 2.75) is 89.9 Å². The molecule has 10 heteroatoms. The summed E-state index contributed by atoms with van der Waals surface area (Å²) in [7, 11) is 0. The molecular formula is C35H40FN5O4. The van der Waals surface area contributed by atoms with Crippen LogP contribution < -0.4 is 11.0 Å². The Balaban J connectivity index is 1.40. The van der Waals surface area contributed by atoms with Crippen LogP contribution in [0.2, 0.25) is 0 Å². The molecule has 0 unspecified atom stereocenters. The number of nitrogens with one attached hydrogen (secondary N) is 1. The van der Waals surface area contributed by atoms with Gasteiger partial charge in [0.25, 0.3) is 5.56 Å². The SMILES string of the molecule is CCCc1c(Cc2ccc(-c3ccccc3)c(C3=NNC(=O)C3)c2)c(=O)n(C2CCC(OCC(C)(C)O)CC2)c2c(F)cnn12. The van der Waals surface area contributed by atoms with E-state index in [1.165, 1.54) is 6.20 Å². The molecule has 0 radical (unpaired) electrons. The van der Waals surface area contributed by atoms with Crippen LogP contribution in [0, 0.1) is 5.82 Å². The number of nitrogens with zero attached hydrogens (tertiary/aromatic N) is 4. The number of halogens is 1. The predicted octanol–water partition coefficient (Wildman–Crippen LogP) is 5.34. The quantitative estimate of drug-likeness (QED) is 0.251. The third kappa shape index (κ3) is 6.48. The first kappa shape index (κ1) is 30.9. The van der Waals surface area contributed by atoms with Gasteiger partial charge >= 0.3 is 0 Å². The van der Waals surface area contributed by atoms with Crippen molar-refractivity contribution in [3.63, 3.8) is 0 Å². The minimum Gasteiger partial charge on any atom is -0.388 e. The molecule has 4 aromatic rings. The topological polar surface area (TPSA) is 110 Å². The first-order chi connectivity index (χ1) is 21.6. The van der Waals surface area contributed by atoms with Crippen LogP contribution in [0.25, 0.3) is 16.8 Å². The molecule has 9 nitrogen and oxygen atoms in total. The summed E-state index contributed by atoms with van der Waals surface area (Å²) in [5, 5.41) is 18.8. The third-order valence-electron chi connectivity index (χ3n) is 8.68. The average Bonchev–Trinajstić information content (AvgIpc) is 3.64. The molecular weight excluding hydrogens is 573 g/mol. The summed E-state index contributed by atoms with van der Waals surface area (Å²) >= 11 is 0. The number of aryl methyl sites for hydroxylation is 1. The van der Waals surface area contributed by atoms with Crippen LogP contribution in [0.1, 0.15) is 87.7 Å². The van der Waals surface area contributed by atoms with Gasteiger partial charge in [0.2, 0.25) is 5.91 Å². The fourth-order valence-corrected chi connectivity index (χ4v) is 6.56. The Morgan fingerprint density at radius 2 is 1.82 bits per heavy atom. The molecule has 1 saturated carbocycles. The molecule has 1 fully saturated rings. The Hall–Kier alpha value is -4.15. The smallest absolute Gasteiger partial charge is 0.257 e. The van der Waals surface area contributed by atoms with Gasteiger partial charge in [0.15, 0.2) is 11.5 Å². The monoisotopic (exact) mass is 613 g/mol. The number of ether oxygens (including phenoxy) is 1. The van der Waals surface area contributed by atoms with Crippen LogP contribution in [0.3, 0.4) is 0 Å². The van der Waals surface area contributed by atoms with Gasteiger partial charge in [-0.3, -0.25) is 14.2 Å². The van der Waals surface area contributed by atoms with Gasteiger partial charge < -0.3 is 9.84 Å². The second-order valence-corrected chi connectivity index (χ2v) is 12.8. The zero-order valence-electron chi connectivity index (χ0n) is 26.1. The second kappa shape index (κ2) is 12.7.